The predicted molar refractivity (Wildman–Crippen MR) is 21.8 cm³/mol. The van der Waals surface area contributed by atoms with Crippen molar-refractivity contribution in [2.24, 2.45) is 0 Å². The molecular formula is C2H2N3Si. The molecule has 0 aromatic carbocycles. The van der Waals surface area contributed by atoms with Gasteiger partial charge in [0.15, 0.2) is 0 Å². The number of hydrogen-bond acceptors (Lipinski definition) is 2. The van der Waals surface area contributed by atoms with Gasteiger partial charge >= 0.3 is 0 Å². The normalized spacial score (nSPS) is 8.83. The van der Waals surface area contributed by atoms with Gasteiger partial charge in [-0.25, -0.2) is 4.98 Å². The van der Waals surface area contributed by atoms with Crippen LogP contribution in [0.2, 0.25) is 0 Å². The van der Waals surface area contributed by atoms with Crippen LogP contribution < -0.4 is 5.45 Å². The molecular weight excluding hydrogens is 94.1 g/mol. The van der Waals surface area contributed by atoms with Crippen LogP contribution in [-0.2, 0) is 0 Å². The lowest BCUT2D eigenvalue weighted by Gasteiger charge is -1.65. The van der Waals surface area contributed by atoms with Crippen molar-refractivity contribution in [3.63, 3.8) is 0 Å². The van der Waals surface area contributed by atoms with Crippen molar-refractivity contribution in [1.29, 1.82) is 0 Å². The highest BCUT2D eigenvalue weighted by Crippen LogP contribution is 1.49. The molecule has 29 valence electrons. The Morgan fingerprint density at radius 3 is 2.83 bits per heavy atom. The molecule has 4 heteroatoms. The second-order valence-electron chi connectivity index (χ2n) is 0.834. The number of nitrogens with zero attached hydrogens (tertiary/aromatic N) is 2. The molecule has 0 saturated heterocycles. The number of hydrogen-bond donors (Lipinski definition) is 1. The molecule has 1 aromatic heterocycles. The van der Waals surface area contributed by atoms with E-state index in [9.17, 15) is 0 Å². The molecule has 0 bridgehead atoms. The standard InChI is InChI=1S/C2H2N3Si/c6-2-3-1-4-5-2/h1H,(H,3,4,5). The van der Waals surface area contributed by atoms with E-state index in [0.717, 1.165) is 0 Å². The van der Waals surface area contributed by atoms with E-state index in [-0.39, 0.29) is 0 Å². The van der Waals surface area contributed by atoms with Gasteiger partial charge in [0.25, 0.3) is 0 Å². The van der Waals surface area contributed by atoms with Gasteiger partial charge < -0.3 is 0 Å². The second-order valence-corrected chi connectivity index (χ2v) is 1.31. The molecule has 0 atom stereocenters. The Morgan fingerprint density at radius 2 is 2.67 bits per heavy atom. The zero-order valence-electron chi connectivity index (χ0n) is 2.97. The summed E-state index contributed by atoms with van der Waals surface area (Å²) in [6, 6.07) is 0. The van der Waals surface area contributed by atoms with Gasteiger partial charge in [0.1, 0.15) is 16.6 Å². The van der Waals surface area contributed by atoms with Gasteiger partial charge in [0.2, 0.25) is 0 Å². The fraction of sp³-hybridized carbons (Fsp3) is 0. The number of nitrogens with one attached hydrogen (secondary N) is 1. The van der Waals surface area contributed by atoms with Crippen molar-refractivity contribution < 1.29 is 0 Å². The first-order valence-corrected chi connectivity index (χ1v) is 1.96. The molecule has 0 spiro atoms. The number of aromatic amines is 1. The predicted octanol–water partition coefficient (Wildman–Crippen LogP) is -1.40. The van der Waals surface area contributed by atoms with Gasteiger partial charge in [0.05, 0.1) is 5.45 Å². The molecule has 1 aromatic rings. The summed E-state index contributed by atoms with van der Waals surface area (Å²) >= 11 is 0. The lowest BCUT2D eigenvalue weighted by molar-refractivity contribution is 1.11. The maximum absolute atomic E-state index is 3.66. The highest BCUT2D eigenvalue weighted by Gasteiger charge is 1.75. The lowest BCUT2D eigenvalue weighted by Crippen LogP contribution is -2.05. The molecule has 1 rings (SSSR count). The Labute approximate surface area is 38.2 Å². The minimum Gasteiger partial charge on any atom is -0.269 e. The van der Waals surface area contributed by atoms with E-state index < -0.39 is 0 Å². The van der Waals surface area contributed by atoms with E-state index in [2.05, 4.69) is 25.4 Å². The topological polar surface area (TPSA) is 41.6 Å². The summed E-state index contributed by atoms with van der Waals surface area (Å²) in [7, 11) is 3.10. The van der Waals surface area contributed by atoms with Gasteiger partial charge in [-0.3, -0.25) is 5.10 Å². The molecule has 0 aliphatic heterocycles. The van der Waals surface area contributed by atoms with Crippen LogP contribution in [0.15, 0.2) is 6.33 Å². The van der Waals surface area contributed by atoms with Crippen LogP contribution in [0, 0.1) is 0 Å². The van der Waals surface area contributed by atoms with Gasteiger partial charge in [-0.1, -0.05) is 0 Å². The Balaban J connectivity index is 3.05. The number of rotatable bonds is 0. The molecule has 0 fully saturated rings. The molecule has 0 amide bonds. The fourth-order valence-electron chi connectivity index (χ4n) is 0.205. The maximum atomic E-state index is 3.66. The summed E-state index contributed by atoms with van der Waals surface area (Å²) < 4.78 is 0. The van der Waals surface area contributed by atoms with E-state index in [1.54, 1.807) is 0 Å². The maximum Gasteiger partial charge on any atom is 0.137 e. The largest absolute Gasteiger partial charge is 0.269 e. The molecule has 1 N–H and O–H groups in total. The van der Waals surface area contributed by atoms with E-state index in [1.165, 1.54) is 6.33 Å². The third kappa shape index (κ3) is 0.461. The van der Waals surface area contributed by atoms with E-state index in [0.29, 0.717) is 5.45 Å². The van der Waals surface area contributed by atoms with Crippen molar-refractivity contribution in [3.8, 4) is 0 Å². The van der Waals surface area contributed by atoms with Crippen LogP contribution >= 0.6 is 0 Å². The van der Waals surface area contributed by atoms with Crippen LogP contribution in [0.3, 0.4) is 0 Å². The van der Waals surface area contributed by atoms with Crippen LogP contribution in [0.25, 0.3) is 0 Å². The van der Waals surface area contributed by atoms with Crippen LogP contribution in [-0.4, -0.2) is 25.4 Å². The SMILES string of the molecule is [Si]c1ncn[nH]1. The first-order valence-electron chi connectivity index (χ1n) is 1.46. The Morgan fingerprint density at radius 1 is 1.83 bits per heavy atom. The monoisotopic (exact) mass is 96.0 g/mol. The minimum absolute atomic E-state index is 0.662. The van der Waals surface area contributed by atoms with Crippen molar-refractivity contribution in [2.75, 3.05) is 0 Å². The van der Waals surface area contributed by atoms with Crippen molar-refractivity contribution >= 4 is 15.7 Å². The Bertz CT molecular complexity index is 112. The van der Waals surface area contributed by atoms with Gasteiger partial charge in [-0.05, 0) is 0 Å². The Hall–Kier alpha value is -0.643. The number of aromatic nitrogens is 3. The molecule has 1 heterocycles. The summed E-state index contributed by atoms with van der Waals surface area (Å²) in [6.07, 6.45) is 1.43. The summed E-state index contributed by atoms with van der Waals surface area (Å²) in [5.41, 5.74) is 0.662. The van der Waals surface area contributed by atoms with Gasteiger partial charge in [-0.2, -0.15) is 5.10 Å². The summed E-state index contributed by atoms with van der Waals surface area (Å²) in [5.74, 6) is 0. The highest BCUT2D eigenvalue weighted by molar-refractivity contribution is 6.28. The zero-order valence-corrected chi connectivity index (χ0v) is 3.97. The van der Waals surface area contributed by atoms with E-state index in [1.807, 2.05) is 0 Å². The average Bonchev–Trinajstić information content (AvgIpc) is 1.86. The second kappa shape index (κ2) is 1.21. The molecule has 6 heavy (non-hydrogen) atoms. The average molecular weight is 96.1 g/mol. The lowest BCUT2D eigenvalue weighted by atomic mass is 11.3. The zero-order chi connectivity index (χ0) is 4.41. The first-order chi connectivity index (χ1) is 2.89. The van der Waals surface area contributed by atoms with E-state index >= 15 is 0 Å². The first kappa shape index (κ1) is 3.54. The molecule has 3 nitrogen and oxygen atoms in total. The molecule has 0 unspecified atom stereocenters. The van der Waals surface area contributed by atoms with Crippen molar-refractivity contribution in [2.45, 2.75) is 0 Å². The van der Waals surface area contributed by atoms with E-state index in [4.69, 9.17) is 0 Å². The van der Waals surface area contributed by atoms with Crippen molar-refractivity contribution in [3.05, 3.63) is 6.33 Å². The fourth-order valence-corrected chi connectivity index (χ4v) is 0.328. The number of H-pyrrole nitrogens is 1. The van der Waals surface area contributed by atoms with Crippen LogP contribution in [0.4, 0.5) is 0 Å². The molecule has 0 saturated carbocycles. The third-order valence-corrected chi connectivity index (χ3v) is 0.656. The molecule has 3 radical (unpaired) electrons. The Kier molecular flexibility index (Phi) is 0.718. The molecule has 0 aliphatic rings. The summed E-state index contributed by atoms with van der Waals surface area (Å²) in [6.45, 7) is 0. The van der Waals surface area contributed by atoms with Crippen LogP contribution in [0.5, 0.6) is 0 Å². The molecule has 0 aliphatic carbocycles. The highest BCUT2D eigenvalue weighted by atomic mass is 28.1. The smallest absolute Gasteiger partial charge is 0.137 e. The quantitative estimate of drug-likeness (QED) is 0.403. The van der Waals surface area contributed by atoms with Crippen LogP contribution in [0.1, 0.15) is 0 Å². The third-order valence-electron chi connectivity index (χ3n) is 0.415. The van der Waals surface area contributed by atoms with Gasteiger partial charge in [-0.15, -0.1) is 0 Å². The summed E-state index contributed by atoms with van der Waals surface area (Å²) in [5, 5.41) is 6.09. The van der Waals surface area contributed by atoms with Crippen molar-refractivity contribution in [1.82, 2.24) is 15.2 Å². The minimum atomic E-state index is 0.662. The summed E-state index contributed by atoms with van der Waals surface area (Å²) in [4.78, 5) is 3.66. The van der Waals surface area contributed by atoms with Gasteiger partial charge in [0, 0.05) is 0 Å².